The molecule has 0 saturated carbocycles. The van der Waals surface area contributed by atoms with E-state index >= 15 is 0 Å². The van der Waals surface area contributed by atoms with Gasteiger partial charge in [0.05, 0.1) is 18.2 Å². The molecule has 2 amide bonds. The minimum absolute atomic E-state index is 0.111. The van der Waals surface area contributed by atoms with Gasteiger partial charge in [-0.15, -0.1) is 5.10 Å². The molecule has 4 heterocycles. The summed E-state index contributed by atoms with van der Waals surface area (Å²) in [6, 6.07) is 1.77. The van der Waals surface area contributed by atoms with Gasteiger partial charge in [0.2, 0.25) is 11.7 Å². The zero-order valence-electron chi connectivity index (χ0n) is 16.4. The van der Waals surface area contributed by atoms with E-state index < -0.39 is 17.7 Å². The van der Waals surface area contributed by atoms with E-state index in [1.165, 1.54) is 4.90 Å². The molecule has 2 aliphatic rings. The average molecular weight is 420 g/mol. The maximum Gasteiger partial charge on any atom is 0.288 e. The van der Waals surface area contributed by atoms with Gasteiger partial charge in [0.15, 0.2) is 0 Å². The van der Waals surface area contributed by atoms with Crippen LogP contribution in [0.5, 0.6) is 0 Å². The molecule has 1 fully saturated rings. The molecule has 12 heteroatoms. The van der Waals surface area contributed by atoms with Crippen LogP contribution in [-0.4, -0.2) is 74.3 Å². The number of aromatic amines is 1. The summed E-state index contributed by atoms with van der Waals surface area (Å²) < 4.78 is 28.2. The van der Waals surface area contributed by atoms with Crippen molar-refractivity contribution in [3.05, 3.63) is 29.5 Å². The van der Waals surface area contributed by atoms with Crippen molar-refractivity contribution in [3.8, 4) is 0 Å². The number of nitrogens with one attached hydrogen (secondary N) is 1. The van der Waals surface area contributed by atoms with Gasteiger partial charge in [-0.25, -0.2) is 18.4 Å². The second-order valence-corrected chi connectivity index (χ2v) is 7.54. The van der Waals surface area contributed by atoms with Crippen LogP contribution in [0.1, 0.15) is 40.9 Å². The highest BCUT2D eigenvalue weighted by Gasteiger charge is 2.37. The van der Waals surface area contributed by atoms with Gasteiger partial charge in [-0.1, -0.05) is 6.08 Å². The number of amides is 2. The molecule has 30 heavy (non-hydrogen) atoms. The highest BCUT2D eigenvalue weighted by atomic mass is 19.3. The van der Waals surface area contributed by atoms with Crippen LogP contribution in [0, 0.1) is 0 Å². The predicted octanol–water partition coefficient (Wildman–Crippen LogP) is 0.605. The van der Waals surface area contributed by atoms with Gasteiger partial charge in [-0.2, -0.15) is 5.10 Å². The Morgan fingerprint density at radius 2 is 2.23 bits per heavy atom. The fourth-order valence-electron chi connectivity index (χ4n) is 3.74. The molecule has 0 radical (unpaired) electrons. The molecule has 0 aromatic carbocycles. The number of carbonyl (C=O) groups is 2. The number of rotatable bonds is 5. The highest BCUT2D eigenvalue weighted by molar-refractivity contribution is 5.97. The van der Waals surface area contributed by atoms with E-state index in [0.717, 1.165) is 0 Å². The molecule has 1 saturated heterocycles. The summed E-state index contributed by atoms with van der Waals surface area (Å²) in [6.07, 6.45) is 3.87. The average Bonchev–Trinajstić information content (AvgIpc) is 3.38. The first kappa shape index (κ1) is 20.1. The van der Waals surface area contributed by atoms with Crippen molar-refractivity contribution in [2.45, 2.75) is 31.2 Å². The quantitative estimate of drug-likeness (QED) is 0.730. The lowest BCUT2D eigenvalue weighted by molar-refractivity contribution is -0.119. The van der Waals surface area contributed by atoms with Crippen LogP contribution in [-0.2, 0) is 11.3 Å². The van der Waals surface area contributed by atoms with Crippen LogP contribution < -0.4 is 10.6 Å². The third kappa shape index (κ3) is 3.95. The third-order valence-electron chi connectivity index (χ3n) is 5.33. The maximum atomic E-state index is 13.3. The van der Waals surface area contributed by atoms with Crippen molar-refractivity contribution >= 4 is 23.7 Å². The minimum atomic E-state index is -2.61. The summed E-state index contributed by atoms with van der Waals surface area (Å²) in [7, 11) is 1.64. The van der Waals surface area contributed by atoms with Crippen LogP contribution >= 0.6 is 0 Å². The molecule has 160 valence electrons. The zero-order valence-corrected chi connectivity index (χ0v) is 16.4. The summed E-state index contributed by atoms with van der Waals surface area (Å²) in [5.74, 6) is -3.46. The molecule has 1 atom stereocenters. The molecule has 2 aliphatic heterocycles. The van der Waals surface area contributed by atoms with Gasteiger partial charge in [-0.05, 0) is 12.5 Å². The zero-order chi connectivity index (χ0) is 21.5. The number of fused-ring (bicyclic) bond motifs is 1. The Balaban J connectivity index is 1.45. The number of aromatic nitrogens is 5. The first-order valence-electron chi connectivity index (χ1n) is 9.58. The molecular weight excluding hydrogens is 398 g/mol. The number of nitrogens with two attached hydrogens (primary N) is 1. The van der Waals surface area contributed by atoms with Gasteiger partial charge < -0.3 is 5.73 Å². The van der Waals surface area contributed by atoms with Gasteiger partial charge in [0.1, 0.15) is 11.6 Å². The second kappa shape index (κ2) is 7.59. The first-order valence-corrected chi connectivity index (χ1v) is 9.58. The van der Waals surface area contributed by atoms with Gasteiger partial charge in [-0.3, -0.25) is 24.5 Å². The van der Waals surface area contributed by atoms with E-state index in [1.54, 1.807) is 34.8 Å². The fourth-order valence-corrected chi connectivity index (χ4v) is 3.74. The van der Waals surface area contributed by atoms with E-state index in [4.69, 9.17) is 5.73 Å². The number of likely N-dealkylation sites (tertiary alicyclic amines) is 1. The number of likely N-dealkylation sites (N-methyl/N-ethyl adjacent to an activating group) is 1. The van der Waals surface area contributed by atoms with Crippen molar-refractivity contribution in [3.63, 3.8) is 0 Å². The number of alkyl halides is 2. The standard InChI is InChI=1S/C18H22F2N8O2/c1-26-13-9-11(3-2-6-27-8-5-18(19,20)10-27)25-28(13)7-4-12(17(26)30)15-22-16(14(21)29)24-23-15/h2-3,9,12H,4-8,10H2,1H3,(H2,21,29)(H,22,23,24)/b3-2+. The molecule has 4 rings (SSSR count). The molecule has 0 aliphatic carbocycles. The summed E-state index contributed by atoms with van der Waals surface area (Å²) >= 11 is 0. The first-order chi connectivity index (χ1) is 14.2. The van der Waals surface area contributed by atoms with Crippen LogP contribution in [0.25, 0.3) is 6.08 Å². The Hall–Kier alpha value is -3.15. The topological polar surface area (TPSA) is 126 Å². The Labute approximate surface area is 170 Å². The Kier molecular flexibility index (Phi) is 5.10. The monoisotopic (exact) mass is 420 g/mol. The number of nitrogens with zero attached hydrogens (tertiary/aromatic N) is 6. The molecule has 1 unspecified atom stereocenters. The van der Waals surface area contributed by atoms with Crippen molar-refractivity contribution in [2.24, 2.45) is 5.73 Å². The largest absolute Gasteiger partial charge is 0.363 e. The van der Waals surface area contributed by atoms with E-state index in [0.29, 0.717) is 37.6 Å². The van der Waals surface area contributed by atoms with E-state index in [1.807, 2.05) is 0 Å². The third-order valence-corrected chi connectivity index (χ3v) is 5.33. The lowest BCUT2D eigenvalue weighted by Gasteiger charge is -2.17. The van der Waals surface area contributed by atoms with Crippen LogP contribution in [0.3, 0.4) is 0 Å². The number of aryl methyl sites for hydroxylation is 1. The predicted molar refractivity (Wildman–Crippen MR) is 103 cm³/mol. The van der Waals surface area contributed by atoms with E-state index in [9.17, 15) is 18.4 Å². The van der Waals surface area contributed by atoms with Crippen LogP contribution in [0.2, 0.25) is 0 Å². The summed E-state index contributed by atoms with van der Waals surface area (Å²) in [4.78, 5) is 31.3. The normalized spacial score (nSPS) is 21.9. The lowest BCUT2D eigenvalue weighted by atomic mass is 10.0. The van der Waals surface area contributed by atoms with Crippen molar-refractivity contribution < 1.29 is 18.4 Å². The molecule has 0 spiro atoms. The summed E-state index contributed by atoms with van der Waals surface area (Å²) in [5.41, 5.74) is 5.81. The van der Waals surface area contributed by atoms with Gasteiger partial charge in [0, 0.05) is 39.2 Å². The number of halogens is 2. The van der Waals surface area contributed by atoms with Gasteiger partial charge >= 0.3 is 0 Å². The Morgan fingerprint density at radius 3 is 2.90 bits per heavy atom. The van der Waals surface area contributed by atoms with E-state index in [-0.39, 0.29) is 30.5 Å². The number of hydrogen-bond acceptors (Lipinski definition) is 6. The van der Waals surface area contributed by atoms with Gasteiger partial charge in [0.25, 0.3) is 11.8 Å². The molecule has 0 bridgehead atoms. The van der Waals surface area contributed by atoms with Crippen molar-refractivity contribution in [2.75, 3.05) is 31.6 Å². The van der Waals surface area contributed by atoms with Crippen LogP contribution in [0.15, 0.2) is 12.1 Å². The second-order valence-electron chi connectivity index (χ2n) is 7.54. The summed E-state index contributed by atoms with van der Waals surface area (Å²) in [6.45, 7) is 1.01. The minimum Gasteiger partial charge on any atom is -0.363 e. The highest BCUT2D eigenvalue weighted by Crippen LogP contribution is 2.29. The Bertz CT molecular complexity index is 998. The fraction of sp³-hybridized carbons (Fsp3) is 0.500. The smallest absolute Gasteiger partial charge is 0.288 e. The van der Waals surface area contributed by atoms with E-state index in [2.05, 4.69) is 20.3 Å². The lowest BCUT2D eigenvalue weighted by Crippen LogP contribution is -2.31. The van der Waals surface area contributed by atoms with Crippen LogP contribution in [0.4, 0.5) is 14.6 Å². The molecule has 2 aromatic heterocycles. The number of primary amides is 1. The Morgan fingerprint density at radius 1 is 1.43 bits per heavy atom. The summed E-state index contributed by atoms with van der Waals surface area (Å²) in [5, 5.41) is 10.9. The SMILES string of the molecule is CN1C(=O)C(c2nc(C(N)=O)n[nH]2)CCn2nc(/C=C/CN3CCC(F)(F)C3)cc21. The number of anilines is 1. The number of hydrogen-bond donors (Lipinski definition) is 2. The molecule has 3 N–H and O–H groups in total. The molecule has 10 nitrogen and oxygen atoms in total. The van der Waals surface area contributed by atoms with Crippen molar-refractivity contribution in [1.29, 1.82) is 0 Å². The maximum absolute atomic E-state index is 13.3. The number of carbonyl (C=O) groups excluding carboxylic acids is 2. The molecular formula is C18H22F2N8O2. The molecule has 2 aromatic rings. The number of H-pyrrole nitrogens is 1. The van der Waals surface area contributed by atoms with Crippen molar-refractivity contribution in [1.82, 2.24) is 29.9 Å².